The molecule has 1 aliphatic rings. The molecular weight excluding hydrogens is 226 g/mol. The molecule has 0 aromatic rings. The molecular formula is C10H17N3O4. The summed E-state index contributed by atoms with van der Waals surface area (Å²) in [6, 6.07) is 0. The second-order valence-corrected chi connectivity index (χ2v) is 3.69. The average molecular weight is 243 g/mol. The summed E-state index contributed by atoms with van der Waals surface area (Å²) in [7, 11) is 0. The third kappa shape index (κ3) is 3.42. The van der Waals surface area contributed by atoms with Crippen molar-refractivity contribution in [3.63, 3.8) is 0 Å². The first-order valence-corrected chi connectivity index (χ1v) is 5.55. The lowest BCUT2D eigenvalue weighted by molar-refractivity contribution is -0.156. The number of carbonyl (C=O) groups excluding carboxylic acids is 3. The molecule has 1 aliphatic heterocycles. The van der Waals surface area contributed by atoms with Crippen molar-refractivity contribution in [2.75, 3.05) is 39.3 Å². The van der Waals surface area contributed by atoms with Crippen molar-refractivity contribution in [3.05, 3.63) is 0 Å². The highest BCUT2D eigenvalue weighted by Gasteiger charge is 2.32. The smallest absolute Gasteiger partial charge is 0.312 e. The highest BCUT2D eigenvalue weighted by Crippen LogP contribution is 2.04. The van der Waals surface area contributed by atoms with Gasteiger partial charge in [-0.3, -0.25) is 14.4 Å². The number of nitrogens with zero attached hydrogens (tertiary/aromatic N) is 2. The predicted molar refractivity (Wildman–Crippen MR) is 58.9 cm³/mol. The molecule has 1 saturated heterocycles. The standard InChI is InChI=1S/C10H17N3O4/c1-2-12-4-5-13(10(17)9(12)16)7-8(15)11-3-6-14/h14H,2-7H2,1H3,(H,11,15). The molecule has 7 nitrogen and oxygen atoms in total. The van der Waals surface area contributed by atoms with Gasteiger partial charge in [0.25, 0.3) is 0 Å². The van der Waals surface area contributed by atoms with Crippen LogP contribution in [-0.2, 0) is 14.4 Å². The number of piperazine rings is 1. The number of amides is 3. The van der Waals surface area contributed by atoms with Gasteiger partial charge in [0.2, 0.25) is 5.91 Å². The van der Waals surface area contributed by atoms with Crippen LogP contribution in [0.5, 0.6) is 0 Å². The van der Waals surface area contributed by atoms with E-state index >= 15 is 0 Å². The van der Waals surface area contributed by atoms with E-state index in [0.29, 0.717) is 19.6 Å². The van der Waals surface area contributed by atoms with E-state index < -0.39 is 11.8 Å². The van der Waals surface area contributed by atoms with Gasteiger partial charge in [-0.05, 0) is 6.92 Å². The Labute approximate surface area is 99.4 Å². The number of aliphatic hydroxyl groups excluding tert-OH is 1. The van der Waals surface area contributed by atoms with Crippen molar-refractivity contribution >= 4 is 17.7 Å². The van der Waals surface area contributed by atoms with Crippen LogP contribution < -0.4 is 5.32 Å². The number of hydrogen-bond acceptors (Lipinski definition) is 4. The first-order chi connectivity index (χ1) is 8.10. The van der Waals surface area contributed by atoms with Crippen molar-refractivity contribution in [3.8, 4) is 0 Å². The van der Waals surface area contributed by atoms with Crippen molar-refractivity contribution in [2.24, 2.45) is 0 Å². The van der Waals surface area contributed by atoms with Gasteiger partial charge >= 0.3 is 11.8 Å². The summed E-state index contributed by atoms with van der Waals surface area (Å²) in [4.78, 5) is 37.1. The summed E-state index contributed by atoms with van der Waals surface area (Å²) in [6.45, 7) is 2.98. The van der Waals surface area contributed by atoms with E-state index in [9.17, 15) is 14.4 Å². The number of hydrogen-bond donors (Lipinski definition) is 2. The molecule has 2 N–H and O–H groups in total. The number of carbonyl (C=O) groups is 3. The van der Waals surface area contributed by atoms with Crippen LogP contribution in [0.1, 0.15) is 6.92 Å². The molecule has 1 rings (SSSR count). The second kappa shape index (κ2) is 6.19. The normalized spacial score (nSPS) is 16.4. The highest BCUT2D eigenvalue weighted by atomic mass is 16.3. The fourth-order valence-corrected chi connectivity index (χ4v) is 1.59. The molecule has 0 saturated carbocycles. The van der Waals surface area contributed by atoms with Gasteiger partial charge in [0.05, 0.1) is 6.61 Å². The number of aliphatic hydroxyl groups is 1. The highest BCUT2D eigenvalue weighted by molar-refractivity contribution is 6.35. The van der Waals surface area contributed by atoms with Gasteiger partial charge in [0.15, 0.2) is 0 Å². The number of likely N-dealkylation sites (N-methyl/N-ethyl adjacent to an activating group) is 1. The fraction of sp³-hybridized carbons (Fsp3) is 0.700. The third-order valence-corrected chi connectivity index (χ3v) is 2.55. The lowest BCUT2D eigenvalue weighted by Gasteiger charge is -2.32. The van der Waals surface area contributed by atoms with Gasteiger partial charge in [-0.15, -0.1) is 0 Å². The molecule has 0 unspecified atom stereocenters. The van der Waals surface area contributed by atoms with Crippen molar-refractivity contribution in [1.82, 2.24) is 15.1 Å². The Morgan fingerprint density at radius 2 is 1.88 bits per heavy atom. The van der Waals surface area contributed by atoms with E-state index in [-0.39, 0.29) is 25.6 Å². The molecule has 3 amide bonds. The van der Waals surface area contributed by atoms with Gasteiger partial charge in [-0.25, -0.2) is 0 Å². The minimum atomic E-state index is -0.641. The van der Waals surface area contributed by atoms with Crippen LogP contribution in [0.15, 0.2) is 0 Å². The molecule has 1 fully saturated rings. The molecule has 0 radical (unpaired) electrons. The SMILES string of the molecule is CCN1CCN(CC(=O)NCCO)C(=O)C1=O. The van der Waals surface area contributed by atoms with Crippen LogP contribution in [0.2, 0.25) is 0 Å². The Morgan fingerprint density at radius 3 is 2.47 bits per heavy atom. The summed E-state index contributed by atoms with van der Waals surface area (Å²) >= 11 is 0. The number of rotatable bonds is 5. The summed E-state index contributed by atoms with van der Waals surface area (Å²) < 4.78 is 0. The topological polar surface area (TPSA) is 89.9 Å². The Kier molecular flexibility index (Phi) is 4.89. The molecule has 96 valence electrons. The zero-order chi connectivity index (χ0) is 12.8. The molecule has 0 aromatic carbocycles. The van der Waals surface area contributed by atoms with Gasteiger partial charge in [0, 0.05) is 26.2 Å². The Balaban J connectivity index is 2.48. The molecule has 0 atom stereocenters. The number of nitrogens with one attached hydrogen (secondary N) is 1. The first kappa shape index (κ1) is 13.4. The summed E-state index contributed by atoms with van der Waals surface area (Å²) in [6.07, 6.45) is 0. The predicted octanol–water partition coefficient (Wildman–Crippen LogP) is -2.21. The molecule has 0 aliphatic carbocycles. The minimum Gasteiger partial charge on any atom is -0.395 e. The van der Waals surface area contributed by atoms with Crippen LogP contribution >= 0.6 is 0 Å². The molecule has 0 bridgehead atoms. The zero-order valence-electron chi connectivity index (χ0n) is 9.81. The maximum absolute atomic E-state index is 11.6. The summed E-state index contributed by atoms with van der Waals surface area (Å²) in [5, 5.41) is 11.0. The Bertz CT molecular complexity index is 319. The van der Waals surface area contributed by atoms with Gasteiger partial charge < -0.3 is 20.2 Å². The van der Waals surface area contributed by atoms with E-state index in [1.165, 1.54) is 9.80 Å². The molecule has 1 heterocycles. The third-order valence-electron chi connectivity index (χ3n) is 2.55. The van der Waals surface area contributed by atoms with Crippen LogP contribution in [-0.4, -0.2) is 72.0 Å². The van der Waals surface area contributed by atoms with Gasteiger partial charge in [-0.2, -0.15) is 0 Å². The van der Waals surface area contributed by atoms with Crippen LogP contribution in [0.25, 0.3) is 0 Å². The molecule has 0 spiro atoms. The Morgan fingerprint density at radius 1 is 1.29 bits per heavy atom. The fourth-order valence-electron chi connectivity index (χ4n) is 1.59. The zero-order valence-corrected chi connectivity index (χ0v) is 9.81. The van der Waals surface area contributed by atoms with Crippen molar-refractivity contribution < 1.29 is 19.5 Å². The average Bonchev–Trinajstić information content (AvgIpc) is 2.33. The minimum absolute atomic E-state index is 0.137. The van der Waals surface area contributed by atoms with Crippen molar-refractivity contribution in [2.45, 2.75) is 6.92 Å². The maximum atomic E-state index is 11.6. The second-order valence-electron chi connectivity index (χ2n) is 3.69. The van der Waals surface area contributed by atoms with Crippen LogP contribution in [0.4, 0.5) is 0 Å². The molecule has 17 heavy (non-hydrogen) atoms. The lowest BCUT2D eigenvalue weighted by atomic mass is 10.3. The molecule has 7 heteroatoms. The summed E-state index contributed by atoms with van der Waals surface area (Å²) in [5.41, 5.74) is 0. The monoisotopic (exact) mass is 243 g/mol. The van der Waals surface area contributed by atoms with Crippen molar-refractivity contribution in [1.29, 1.82) is 0 Å². The largest absolute Gasteiger partial charge is 0.395 e. The van der Waals surface area contributed by atoms with E-state index in [1.807, 2.05) is 0 Å². The molecule has 0 aromatic heterocycles. The lowest BCUT2D eigenvalue weighted by Crippen LogP contribution is -2.56. The van der Waals surface area contributed by atoms with E-state index in [4.69, 9.17) is 5.11 Å². The Hall–Kier alpha value is -1.63. The maximum Gasteiger partial charge on any atom is 0.312 e. The van der Waals surface area contributed by atoms with E-state index in [0.717, 1.165) is 0 Å². The van der Waals surface area contributed by atoms with E-state index in [1.54, 1.807) is 6.92 Å². The quantitative estimate of drug-likeness (QED) is 0.535. The van der Waals surface area contributed by atoms with Crippen LogP contribution in [0.3, 0.4) is 0 Å². The van der Waals surface area contributed by atoms with E-state index in [2.05, 4.69) is 5.32 Å². The first-order valence-electron chi connectivity index (χ1n) is 5.55. The van der Waals surface area contributed by atoms with Gasteiger partial charge in [0.1, 0.15) is 6.54 Å². The summed E-state index contributed by atoms with van der Waals surface area (Å²) in [5.74, 6) is -1.57. The van der Waals surface area contributed by atoms with Crippen LogP contribution in [0, 0.1) is 0 Å². The van der Waals surface area contributed by atoms with Gasteiger partial charge in [-0.1, -0.05) is 0 Å².